The highest BCUT2D eigenvalue weighted by Crippen LogP contribution is 2.16. The Balaban J connectivity index is 1.24. The zero-order valence-corrected chi connectivity index (χ0v) is 17.7. The lowest BCUT2D eigenvalue weighted by molar-refractivity contribution is -0.143. The Kier molecular flexibility index (Phi) is 6.70. The highest BCUT2D eigenvalue weighted by Gasteiger charge is 2.31. The van der Waals surface area contributed by atoms with Crippen LogP contribution in [0, 0.1) is 6.92 Å². The van der Waals surface area contributed by atoms with Crippen LogP contribution in [0.1, 0.15) is 45.5 Å². The number of ether oxygens (including phenoxy) is 1. The number of carbonyl (C=O) groups is 2. The number of fused-ring (bicyclic) bond motifs is 1. The molecule has 2 N–H and O–H groups in total. The van der Waals surface area contributed by atoms with Crippen LogP contribution in [-0.4, -0.2) is 48.6 Å². The molecule has 2 aliphatic heterocycles. The van der Waals surface area contributed by atoms with E-state index in [4.69, 9.17) is 9.39 Å². The molecule has 2 heterocycles. The van der Waals surface area contributed by atoms with Gasteiger partial charge < -0.3 is 19.7 Å². The molecule has 7 nitrogen and oxygen atoms in total. The van der Waals surface area contributed by atoms with Gasteiger partial charge in [-0.05, 0) is 66.6 Å². The molecule has 0 radical (unpaired) electrons. The van der Waals surface area contributed by atoms with Crippen molar-refractivity contribution in [2.45, 2.75) is 39.5 Å². The Morgan fingerprint density at radius 1 is 1.13 bits per heavy atom. The van der Waals surface area contributed by atoms with Gasteiger partial charge in [0.15, 0.2) is 0 Å². The predicted octanol–water partition coefficient (Wildman–Crippen LogP) is 1.28. The molecule has 0 unspecified atom stereocenters. The summed E-state index contributed by atoms with van der Waals surface area (Å²) in [4.78, 5) is 27.0. The van der Waals surface area contributed by atoms with Gasteiger partial charge in [-0.25, -0.2) is 0 Å². The van der Waals surface area contributed by atoms with Crippen LogP contribution in [0.3, 0.4) is 0 Å². The molecule has 1 fully saturated rings. The van der Waals surface area contributed by atoms with E-state index in [1.807, 2.05) is 12.1 Å². The summed E-state index contributed by atoms with van der Waals surface area (Å²) in [5.74, 6) is -0.890. The molecule has 0 spiro atoms. The van der Waals surface area contributed by atoms with Gasteiger partial charge in [0.05, 0.1) is 6.61 Å². The van der Waals surface area contributed by atoms with Crippen molar-refractivity contribution >= 4 is 24.5 Å². The second-order valence-corrected chi connectivity index (χ2v) is 8.12. The molecule has 2 aliphatic rings. The molecule has 1 amide bonds. The third kappa shape index (κ3) is 5.15. The van der Waals surface area contributed by atoms with Gasteiger partial charge in [-0.1, -0.05) is 30.3 Å². The number of esters is 1. The van der Waals surface area contributed by atoms with Crippen LogP contribution < -0.4 is 10.8 Å². The second-order valence-electron chi connectivity index (χ2n) is 8.12. The molecule has 162 valence electrons. The number of hydrogen-bond donors (Lipinski definition) is 2. The predicted molar refractivity (Wildman–Crippen MR) is 117 cm³/mol. The first kappa shape index (κ1) is 21.6. The van der Waals surface area contributed by atoms with Crippen molar-refractivity contribution in [3.63, 3.8) is 0 Å². The minimum absolute atomic E-state index is 0.167. The van der Waals surface area contributed by atoms with E-state index in [1.54, 1.807) is 19.1 Å². The van der Waals surface area contributed by atoms with E-state index in [9.17, 15) is 14.6 Å². The summed E-state index contributed by atoms with van der Waals surface area (Å²) in [6, 6.07) is 11.5. The van der Waals surface area contributed by atoms with Crippen LogP contribution >= 0.6 is 0 Å². The van der Waals surface area contributed by atoms with Crippen LogP contribution in [0.25, 0.3) is 0 Å². The fourth-order valence-corrected chi connectivity index (χ4v) is 4.15. The molecule has 4 rings (SSSR count). The molecule has 0 bridgehead atoms. The summed E-state index contributed by atoms with van der Waals surface area (Å²) >= 11 is 0. The lowest BCUT2D eigenvalue weighted by atomic mass is 9.75. The van der Waals surface area contributed by atoms with Crippen molar-refractivity contribution < 1.29 is 24.0 Å². The molecule has 0 aliphatic carbocycles. The molecule has 31 heavy (non-hydrogen) atoms. The lowest BCUT2D eigenvalue weighted by Crippen LogP contribution is -2.35. The number of nitrogens with one attached hydrogen (secondary N) is 1. The molecule has 2 aromatic carbocycles. The Morgan fingerprint density at radius 2 is 1.84 bits per heavy atom. The number of carbonyl (C=O) groups excluding carboxylic acids is 2. The number of hydrogen-bond acceptors (Lipinski definition) is 6. The summed E-state index contributed by atoms with van der Waals surface area (Å²) in [5, 5.41) is 12.5. The number of amides is 1. The van der Waals surface area contributed by atoms with Gasteiger partial charge >= 0.3 is 13.1 Å². The van der Waals surface area contributed by atoms with E-state index in [-0.39, 0.29) is 19.1 Å². The van der Waals surface area contributed by atoms with E-state index in [2.05, 4.69) is 22.3 Å². The van der Waals surface area contributed by atoms with Gasteiger partial charge in [-0.3, -0.25) is 14.5 Å². The molecule has 0 aromatic heterocycles. The minimum Gasteiger partial charge on any atom is -0.460 e. The Labute approximate surface area is 182 Å². The fraction of sp³-hybridized carbons (Fsp3) is 0.391. The summed E-state index contributed by atoms with van der Waals surface area (Å²) in [6.07, 6.45) is 2.54. The number of benzene rings is 2. The van der Waals surface area contributed by atoms with Crippen LogP contribution in [-0.2, 0) is 33.9 Å². The highest BCUT2D eigenvalue weighted by atomic mass is 16.5. The standard InChI is InChI=1S/C23H27BN2O5/c1-16-20(9-8-19-15-31-24(29)22(16)19)23(28)25-12-21(27)30-14-18-6-4-17(5-7-18)13-26-10-2-3-11-26/h4-9,29H,2-3,10-15H2,1H3,(H,25,28). The van der Waals surface area contributed by atoms with Crippen molar-refractivity contribution in [3.8, 4) is 0 Å². The third-order valence-electron chi connectivity index (χ3n) is 5.91. The smallest absolute Gasteiger partial charge is 0.460 e. The first-order chi connectivity index (χ1) is 15.0. The van der Waals surface area contributed by atoms with Crippen LogP contribution in [0.4, 0.5) is 0 Å². The molecule has 0 atom stereocenters. The van der Waals surface area contributed by atoms with Gasteiger partial charge in [0, 0.05) is 12.1 Å². The van der Waals surface area contributed by atoms with Gasteiger partial charge in [0.2, 0.25) is 0 Å². The third-order valence-corrected chi connectivity index (χ3v) is 5.91. The normalized spacial score (nSPS) is 15.7. The zero-order valence-electron chi connectivity index (χ0n) is 17.7. The number of nitrogens with zero attached hydrogens (tertiary/aromatic N) is 1. The maximum atomic E-state index is 12.5. The van der Waals surface area contributed by atoms with Crippen LogP contribution in [0.5, 0.6) is 0 Å². The summed E-state index contributed by atoms with van der Waals surface area (Å²) in [6.45, 7) is 5.30. The molecule has 8 heteroatoms. The SMILES string of the molecule is Cc1c(C(=O)NCC(=O)OCc2ccc(CN3CCCC3)cc2)ccc2c1B(O)OC2. The van der Waals surface area contributed by atoms with E-state index in [0.717, 1.165) is 30.8 Å². The molecule has 2 aromatic rings. The minimum atomic E-state index is -1.02. The Hall–Kier alpha value is -2.68. The van der Waals surface area contributed by atoms with Crippen LogP contribution in [0.2, 0.25) is 0 Å². The first-order valence-electron chi connectivity index (χ1n) is 10.7. The highest BCUT2D eigenvalue weighted by molar-refractivity contribution is 6.62. The second kappa shape index (κ2) is 9.64. The van der Waals surface area contributed by atoms with Crippen LogP contribution in [0.15, 0.2) is 36.4 Å². The van der Waals surface area contributed by atoms with Gasteiger partial charge in [-0.15, -0.1) is 0 Å². The maximum Gasteiger partial charge on any atom is 0.492 e. The number of rotatable bonds is 7. The summed E-state index contributed by atoms with van der Waals surface area (Å²) in [7, 11) is -1.02. The van der Waals surface area contributed by atoms with E-state index in [0.29, 0.717) is 23.2 Å². The van der Waals surface area contributed by atoms with Crippen molar-refractivity contribution in [2.75, 3.05) is 19.6 Å². The fourth-order valence-electron chi connectivity index (χ4n) is 4.15. The molecular formula is C23H27BN2O5. The van der Waals surface area contributed by atoms with E-state index in [1.165, 1.54) is 18.4 Å². The average Bonchev–Trinajstić information content (AvgIpc) is 3.42. The number of likely N-dealkylation sites (tertiary alicyclic amines) is 1. The van der Waals surface area contributed by atoms with Gasteiger partial charge in [0.25, 0.3) is 5.91 Å². The average molecular weight is 422 g/mol. The van der Waals surface area contributed by atoms with Gasteiger partial charge in [0.1, 0.15) is 13.2 Å². The summed E-state index contributed by atoms with van der Waals surface area (Å²) < 4.78 is 10.5. The van der Waals surface area contributed by atoms with E-state index < -0.39 is 13.1 Å². The van der Waals surface area contributed by atoms with E-state index >= 15 is 0 Å². The summed E-state index contributed by atoms with van der Waals surface area (Å²) in [5.41, 5.74) is 4.72. The van der Waals surface area contributed by atoms with Gasteiger partial charge in [-0.2, -0.15) is 0 Å². The Morgan fingerprint density at radius 3 is 2.58 bits per heavy atom. The van der Waals surface area contributed by atoms with Crippen molar-refractivity contribution in [1.82, 2.24) is 10.2 Å². The maximum absolute atomic E-state index is 12.5. The lowest BCUT2D eigenvalue weighted by Gasteiger charge is -2.14. The van der Waals surface area contributed by atoms with Crippen molar-refractivity contribution in [1.29, 1.82) is 0 Å². The van der Waals surface area contributed by atoms with Crippen molar-refractivity contribution in [2.24, 2.45) is 0 Å². The van der Waals surface area contributed by atoms with Crippen molar-refractivity contribution in [3.05, 3.63) is 64.2 Å². The monoisotopic (exact) mass is 422 g/mol. The molecule has 0 saturated carbocycles. The Bertz CT molecular complexity index is 957. The first-order valence-corrected chi connectivity index (χ1v) is 10.7. The molecule has 1 saturated heterocycles. The zero-order chi connectivity index (χ0) is 21.8. The molecular weight excluding hydrogens is 395 g/mol. The largest absolute Gasteiger partial charge is 0.492 e. The topological polar surface area (TPSA) is 88.1 Å². The quantitative estimate of drug-likeness (QED) is 0.517.